The largest absolute Gasteiger partial charge is 0.397 e. The number of anilines is 1. The number of primary amides is 1. The highest BCUT2D eigenvalue weighted by Crippen LogP contribution is 2.29. The van der Waals surface area contributed by atoms with Gasteiger partial charge in [-0.3, -0.25) is 19.4 Å². The first-order chi connectivity index (χ1) is 13.7. The molecule has 1 aromatic rings. The highest BCUT2D eigenvalue weighted by molar-refractivity contribution is 6.24. The van der Waals surface area contributed by atoms with Crippen LogP contribution in [-0.2, 0) is 9.59 Å². The minimum Gasteiger partial charge on any atom is -0.368 e. The van der Waals surface area contributed by atoms with Crippen LogP contribution in [0.15, 0.2) is 23.2 Å². The molecule has 0 aromatic heterocycles. The lowest BCUT2D eigenvalue weighted by Crippen LogP contribution is -2.64. The van der Waals surface area contributed by atoms with Gasteiger partial charge in [0.15, 0.2) is 0 Å². The molecule has 4 amide bonds. The first-order valence-electron chi connectivity index (χ1n) is 9.62. The van der Waals surface area contributed by atoms with E-state index in [1.54, 1.807) is 7.05 Å². The predicted molar refractivity (Wildman–Crippen MR) is 108 cm³/mol. The van der Waals surface area contributed by atoms with E-state index in [9.17, 15) is 14.4 Å². The molecule has 9 heteroatoms. The van der Waals surface area contributed by atoms with Crippen LogP contribution < -0.4 is 10.6 Å². The molecule has 29 heavy (non-hydrogen) atoms. The van der Waals surface area contributed by atoms with E-state index in [-0.39, 0.29) is 5.92 Å². The lowest BCUT2D eigenvalue weighted by atomic mass is 10.1. The fraction of sp³-hybridized carbons (Fsp3) is 0.450. The van der Waals surface area contributed by atoms with Gasteiger partial charge < -0.3 is 5.73 Å². The van der Waals surface area contributed by atoms with Crippen LogP contribution in [0.2, 0.25) is 0 Å². The summed E-state index contributed by atoms with van der Waals surface area (Å²) >= 11 is 0. The Hall–Kier alpha value is -3.23. The summed E-state index contributed by atoms with van der Waals surface area (Å²) in [5.74, 6) is 0.123. The van der Waals surface area contributed by atoms with E-state index in [0.29, 0.717) is 18.3 Å². The van der Waals surface area contributed by atoms with E-state index < -0.39 is 30.4 Å². The second kappa shape index (κ2) is 6.68. The van der Waals surface area contributed by atoms with Gasteiger partial charge in [0.2, 0.25) is 17.8 Å². The van der Waals surface area contributed by atoms with E-state index in [2.05, 4.69) is 30.0 Å². The monoisotopic (exact) mass is 397 g/mol. The number of benzene rings is 1. The normalized spacial score (nSPS) is 24.0. The van der Waals surface area contributed by atoms with Crippen molar-refractivity contribution in [2.24, 2.45) is 16.6 Å². The predicted octanol–water partition coefficient (Wildman–Crippen LogP) is 0.288. The van der Waals surface area contributed by atoms with Gasteiger partial charge in [0, 0.05) is 13.0 Å². The van der Waals surface area contributed by atoms with Crippen LogP contribution in [0.5, 0.6) is 0 Å². The third-order valence-electron chi connectivity index (χ3n) is 5.47. The number of amidine groups is 1. The Morgan fingerprint density at radius 3 is 2.52 bits per heavy atom. The summed E-state index contributed by atoms with van der Waals surface area (Å²) in [6.45, 7) is 7.16. The molecule has 0 radical (unpaired) electrons. The number of amides is 4. The van der Waals surface area contributed by atoms with E-state index >= 15 is 0 Å². The zero-order valence-corrected chi connectivity index (χ0v) is 17.0. The molecule has 4 rings (SSSR count). The molecule has 0 bridgehead atoms. The van der Waals surface area contributed by atoms with Gasteiger partial charge in [0.05, 0.1) is 13.1 Å². The van der Waals surface area contributed by atoms with Gasteiger partial charge >= 0.3 is 12.0 Å². The number of carbonyl (C=O) groups is 3. The number of hydrogen-bond acceptors (Lipinski definition) is 5. The number of hydrogen-bond donors (Lipinski definition) is 1. The van der Waals surface area contributed by atoms with Crippen molar-refractivity contribution in [3.63, 3.8) is 0 Å². The Kier molecular flexibility index (Phi) is 4.40. The molecule has 1 aromatic carbocycles. The number of guanidine groups is 1. The summed E-state index contributed by atoms with van der Waals surface area (Å²) in [6, 6.07) is 4.97. The van der Waals surface area contributed by atoms with Crippen LogP contribution in [0.1, 0.15) is 18.1 Å². The zero-order valence-electron chi connectivity index (χ0n) is 17.0. The Morgan fingerprint density at radius 2 is 1.90 bits per heavy atom. The van der Waals surface area contributed by atoms with Crippen molar-refractivity contribution in [2.45, 2.75) is 26.8 Å². The standard InChI is InChI=1S/C20H24N6O3/c1-11-5-12(2)7-14(6-11)24-8-13(3)9-25-16-17(22-19(24)25)23(4)20(29)26(18(16)28)10-15(21)27/h5-7,13,16H,8-10H2,1-4H3,(H-,21,27)/p+1. The van der Waals surface area contributed by atoms with E-state index in [0.717, 1.165) is 28.3 Å². The molecular formula is C20H25N6O3+. The van der Waals surface area contributed by atoms with Crippen LogP contribution in [-0.4, -0.2) is 76.7 Å². The van der Waals surface area contributed by atoms with E-state index in [1.165, 1.54) is 4.90 Å². The zero-order chi connectivity index (χ0) is 21.0. The number of likely N-dealkylation sites (N-methyl/N-ethyl adjacent to an activating group) is 1. The molecule has 3 heterocycles. The second-order valence-corrected chi connectivity index (χ2v) is 8.12. The molecule has 2 atom stereocenters. The lowest BCUT2D eigenvalue weighted by molar-refractivity contribution is -0.545. The SMILES string of the molecule is Cc1cc(C)cc(N2CC(C)C[N+]3=C2N=C2C3C(=O)N(CC(N)=O)C(=O)N2C)c1. The number of rotatable bonds is 3. The minimum absolute atomic E-state index is 0.273. The number of aliphatic imine (C=N–C) groups is 1. The van der Waals surface area contributed by atoms with Crippen LogP contribution in [0, 0.1) is 19.8 Å². The molecule has 0 saturated carbocycles. The van der Waals surface area contributed by atoms with Gasteiger partial charge in [-0.25, -0.2) is 14.3 Å². The van der Waals surface area contributed by atoms with Gasteiger partial charge in [0.25, 0.3) is 5.91 Å². The summed E-state index contributed by atoms with van der Waals surface area (Å²) < 4.78 is 1.93. The van der Waals surface area contributed by atoms with Gasteiger partial charge in [-0.05, 0) is 37.1 Å². The molecule has 0 spiro atoms. The average molecular weight is 397 g/mol. The minimum atomic E-state index is -0.733. The Labute approximate surface area is 169 Å². The van der Waals surface area contributed by atoms with Crippen molar-refractivity contribution in [1.29, 1.82) is 0 Å². The van der Waals surface area contributed by atoms with Crippen LogP contribution >= 0.6 is 0 Å². The first kappa shape index (κ1) is 19.1. The second-order valence-electron chi connectivity index (χ2n) is 8.12. The highest BCUT2D eigenvalue weighted by Gasteiger charge is 2.55. The number of nitrogens with two attached hydrogens (primary N) is 1. The van der Waals surface area contributed by atoms with Gasteiger partial charge in [-0.2, -0.15) is 0 Å². The Morgan fingerprint density at radius 1 is 1.24 bits per heavy atom. The molecule has 0 aliphatic carbocycles. The summed E-state index contributed by atoms with van der Waals surface area (Å²) in [5, 5.41) is 0. The quantitative estimate of drug-likeness (QED) is 0.741. The molecule has 2 N–H and O–H groups in total. The fourth-order valence-electron chi connectivity index (χ4n) is 4.32. The number of fused-ring (bicyclic) bond motifs is 2. The third kappa shape index (κ3) is 3.06. The maximum Gasteiger partial charge on any atom is 0.397 e. The molecular weight excluding hydrogens is 372 g/mol. The van der Waals surface area contributed by atoms with Crippen molar-refractivity contribution in [1.82, 2.24) is 9.80 Å². The summed E-state index contributed by atoms with van der Waals surface area (Å²) in [4.78, 5) is 46.2. The molecule has 2 unspecified atom stereocenters. The number of carbonyl (C=O) groups excluding carboxylic acids is 3. The van der Waals surface area contributed by atoms with Crippen LogP contribution in [0.25, 0.3) is 0 Å². The summed E-state index contributed by atoms with van der Waals surface area (Å²) in [6.07, 6.45) is 0. The van der Waals surface area contributed by atoms with Crippen LogP contribution in [0.3, 0.4) is 0 Å². The number of imide groups is 1. The first-order valence-corrected chi connectivity index (χ1v) is 9.62. The van der Waals surface area contributed by atoms with Crippen LogP contribution in [0.4, 0.5) is 10.5 Å². The molecule has 1 saturated heterocycles. The average Bonchev–Trinajstić information content (AvgIpc) is 3.01. The van der Waals surface area contributed by atoms with Gasteiger partial charge in [-0.1, -0.05) is 18.0 Å². The molecule has 3 aliphatic rings. The highest BCUT2D eigenvalue weighted by atomic mass is 16.2. The number of nitrogens with zero attached hydrogens (tertiary/aromatic N) is 5. The van der Waals surface area contributed by atoms with E-state index in [1.807, 2.05) is 18.4 Å². The van der Waals surface area contributed by atoms with Gasteiger partial charge in [-0.15, -0.1) is 0 Å². The summed E-state index contributed by atoms with van der Waals surface area (Å²) in [5.41, 5.74) is 8.54. The molecule has 9 nitrogen and oxygen atoms in total. The number of aryl methyl sites for hydroxylation is 2. The van der Waals surface area contributed by atoms with Crippen molar-refractivity contribution in [3.05, 3.63) is 29.3 Å². The molecule has 152 valence electrons. The van der Waals surface area contributed by atoms with Crippen molar-refractivity contribution in [3.8, 4) is 0 Å². The summed E-state index contributed by atoms with van der Waals surface area (Å²) in [7, 11) is 1.57. The van der Waals surface area contributed by atoms with Crippen molar-refractivity contribution < 1.29 is 19.0 Å². The lowest BCUT2D eigenvalue weighted by Gasteiger charge is -2.35. The number of urea groups is 1. The molecule has 3 aliphatic heterocycles. The van der Waals surface area contributed by atoms with Crippen molar-refractivity contribution in [2.75, 3.05) is 31.6 Å². The third-order valence-corrected chi connectivity index (χ3v) is 5.47. The Balaban J connectivity index is 1.80. The maximum absolute atomic E-state index is 13.1. The maximum atomic E-state index is 13.1. The van der Waals surface area contributed by atoms with Gasteiger partial charge in [0.1, 0.15) is 12.2 Å². The Bertz CT molecular complexity index is 978. The van der Waals surface area contributed by atoms with E-state index in [4.69, 9.17) is 10.7 Å². The smallest absolute Gasteiger partial charge is 0.368 e. The molecule has 1 fully saturated rings. The van der Waals surface area contributed by atoms with Crippen molar-refractivity contribution >= 4 is 35.3 Å². The fourth-order valence-corrected chi connectivity index (χ4v) is 4.32. The topological polar surface area (TPSA) is 102 Å².